The van der Waals surface area contributed by atoms with Crippen LogP contribution < -0.4 is 10.2 Å². The highest BCUT2D eigenvalue weighted by Gasteiger charge is 2.37. The van der Waals surface area contributed by atoms with Crippen molar-refractivity contribution in [3.63, 3.8) is 0 Å². The molecule has 2 aromatic rings. The minimum atomic E-state index is -0.646. The van der Waals surface area contributed by atoms with Gasteiger partial charge in [0, 0.05) is 23.6 Å². The summed E-state index contributed by atoms with van der Waals surface area (Å²) < 4.78 is 5.27. The Morgan fingerprint density at radius 1 is 1.31 bits per heavy atom. The molecular weight excluding hydrogens is 336 g/mol. The summed E-state index contributed by atoms with van der Waals surface area (Å²) >= 11 is 0. The zero-order chi connectivity index (χ0) is 18.9. The Bertz CT molecular complexity index is 836. The maximum absolute atomic E-state index is 12.7. The summed E-state index contributed by atoms with van der Waals surface area (Å²) in [4.78, 5) is 36.9. The molecule has 0 aliphatic carbocycles. The molecule has 3 rings (SSSR count). The van der Waals surface area contributed by atoms with Crippen LogP contribution in [-0.4, -0.2) is 23.0 Å². The van der Waals surface area contributed by atoms with Gasteiger partial charge in [0.05, 0.1) is 0 Å². The molecule has 0 radical (unpaired) electrons. The zero-order valence-corrected chi connectivity index (χ0v) is 14.9. The molecule has 0 unspecified atom stereocenters. The number of nitrogens with zero attached hydrogens (tertiary/aromatic N) is 3. The molecule has 1 saturated heterocycles. The van der Waals surface area contributed by atoms with Crippen molar-refractivity contribution in [2.24, 2.45) is 5.18 Å². The highest BCUT2D eigenvalue weighted by molar-refractivity contribution is 6.07. The Hall–Kier alpha value is -3.03. The fourth-order valence-corrected chi connectivity index (χ4v) is 2.83. The lowest BCUT2D eigenvalue weighted by Crippen LogP contribution is -2.41. The number of rotatable bonds is 4. The summed E-state index contributed by atoms with van der Waals surface area (Å²) in [5.41, 5.74) is 0.592. The summed E-state index contributed by atoms with van der Waals surface area (Å²) in [5, 5.41) is 9.43. The van der Waals surface area contributed by atoms with Crippen LogP contribution in [0, 0.1) is 4.91 Å². The normalized spacial score (nSPS) is 17.4. The van der Waals surface area contributed by atoms with Crippen molar-refractivity contribution < 1.29 is 14.1 Å². The summed E-state index contributed by atoms with van der Waals surface area (Å²) in [6, 6.07) is 7.27. The zero-order valence-electron chi connectivity index (χ0n) is 14.9. The Labute approximate surface area is 150 Å². The van der Waals surface area contributed by atoms with Crippen molar-refractivity contribution in [2.45, 2.75) is 45.1 Å². The second kappa shape index (κ2) is 6.70. The number of carbonyl (C=O) groups is 2. The van der Waals surface area contributed by atoms with Crippen molar-refractivity contribution in [1.29, 1.82) is 0 Å². The Morgan fingerprint density at radius 3 is 2.58 bits per heavy atom. The van der Waals surface area contributed by atoms with Crippen molar-refractivity contribution >= 4 is 29.0 Å². The van der Waals surface area contributed by atoms with Crippen LogP contribution in [0.2, 0.25) is 0 Å². The predicted octanol–water partition coefficient (Wildman–Crippen LogP) is 3.50. The smallest absolute Gasteiger partial charge is 0.248 e. The lowest BCUT2D eigenvalue weighted by atomic mass is 9.93. The van der Waals surface area contributed by atoms with Gasteiger partial charge >= 0.3 is 0 Å². The summed E-state index contributed by atoms with van der Waals surface area (Å²) in [7, 11) is 0. The molecule has 0 spiro atoms. The molecule has 8 nitrogen and oxygen atoms in total. The fraction of sp³-hybridized carbons (Fsp3) is 0.389. The van der Waals surface area contributed by atoms with E-state index in [9.17, 15) is 14.5 Å². The average Bonchev–Trinajstić information content (AvgIpc) is 3.21. The van der Waals surface area contributed by atoms with E-state index in [-0.39, 0.29) is 29.3 Å². The lowest BCUT2D eigenvalue weighted by molar-refractivity contribution is -0.120. The third kappa shape index (κ3) is 3.49. The molecular formula is C18H20N4O4. The van der Waals surface area contributed by atoms with Crippen LogP contribution >= 0.6 is 0 Å². The molecule has 0 bridgehead atoms. The number of nitroso groups, excluding NO2 is 1. The summed E-state index contributed by atoms with van der Waals surface area (Å²) in [5.74, 6) is 0.499. The van der Waals surface area contributed by atoms with Gasteiger partial charge in [-0.25, -0.2) is 0 Å². The van der Waals surface area contributed by atoms with Crippen LogP contribution in [0.3, 0.4) is 0 Å². The molecule has 2 heterocycles. The van der Waals surface area contributed by atoms with Crippen LogP contribution in [0.1, 0.15) is 39.4 Å². The number of amides is 2. The van der Waals surface area contributed by atoms with Gasteiger partial charge in [0.1, 0.15) is 17.5 Å². The van der Waals surface area contributed by atoms with Gasteiger partial charge in [-0.3, -0.25) is 14.5 Å². The van der Waals surface area contributed by atoms with E-state index >= 15 is 0 Å². The van der Waals surface area contributed by atoms with E-state index in [1.54, 1.807) is 18.2 Å². The van der Waals surface area contributed by atoms with Crippen molar-refractivity contribution in [3.8, 4) is 0 Å². The number of aromatic nitrogens is 1. The minimum Gasteiger partial charge on any atom is -0.359 e. The summed E-state index contributed by atoms with van der Waals surface area (Å²) in [6.07, 6.45) is 0.681. The van der Waals surface area contributed by atoms with E-state index in [1.807, 2.05) is 20.8 Å². The first kappa shape index (κ1) is 17.8. The van der Waals surface area contributed by atoms with Crippen LogP contribution in [0.15, 0.2) is 40.0 Å². The molecule has 136 valence electrons. The second-order valence-corrected chi connectivity index (χ2v) is 7.24. The van der Waals surface area contributed by atoms with Crippen molar-refractivity contribution in [3.05, 3.63) is 41.0 Å². The van der Waals surface area contributed by atoms with Crippen molar-refractivity contribution in [2.75, 3.05) is 10.2 Å². The monoisotopic (exact) mass is 356 g/mol. The van der Waals surface area contributed by atoms with Gasteiger partial charge in [0.2, 0.25) is 11.8 Å². The van der Waals surface area contributed by atoms with E-state index < -0.39 is 6.04 Å². The Kier molecular flexibility index (Phi) is 4.58. The molecule has 1 atom stereocenters. The molecule has 8 heteroatoms. The number of anilines is 2. The second-order valence-electron chi connectivity index (χ2n) is 7.24. The first-order valence-corrected chi connectivity index (χ1v) is 8.33. The molecule has 26 heavy (non-hydrogen) atoms. The van der Waals surface area contributed by atoms with Gasteiger partial charge in [-0.1, -0.05) is 25.9 Å². The van der Waals surface area contributed by atoms with Crippen LogP contribution in [0.25, 0.3) is 0 Å². The highest BCUT2D eigenvalue weighted by atomic mass is 16.5. The molecule has 1 N–H and O–H groups in total. The third-order valence-electron chi connectivity index (χ3n) is 4.25. The molecule has 1 aromatic carbocycles. The standard InChI is InChI=1S/C18H20N4O4/c1-18(2,3)14-10-15(21-26-14)19-17(24)13-8-9-16(23)22(13)12-6-4-11(20-25)5-7-12/h4-7,10,13H,8-9H2,1-3H3,(H,19,21,24)/t13-/m0/s1. The predicted molar refractivity (Wildman–Crippen MR) is 96.2 cm³/mol. The largest absolute Gasteiger partial charge is 0.359 e. The average molecular weight is 356 g/mol. The van der Waals surface area contributed by atoms with Gasteiger partial charge in [-0.05, 0) is 35.9 Å². The number of hydrogen-bond donors (Lipinski definition) is 1. The van der Waals surface area contributed by atoms with Crippen LogP contribution in [0.4, 0.5) is 17.2 Å². The van der Waals surface area contributed by atoms with E-state index in [2.05, 4.69) is 15.7 Å². The lowest BCUT2D eigenvalue weighted by Gasteiger charge is -2.23. The van der Waals surface area contributed by atoms with Crippen molar-refractivity contribution in [1.82, 2.24) is 5.16 Å². The highest BCUT2D eigenvalue weighted by Crippen LogP contribution is 2.30. The SMILES string of the molecule is CC(C)(C)c1cc(NC(=O)[C@@H]2CCC(=O)N2c2ccc(N=O)cc2)no1. The van der Waals surface area contributed by atoms with Gasteiger partial charge in [0.25, 0.3) is 0 Å². The fourth-order valence-electron chi connectivity index (χ4n) is 2.83. The molecule has 1 aliphatic heterocycles. The maximum Gasteiger partial charge on any atom is 0.248 e. The molecule has 1 aromatic heterocycles. The van der Waals surface area contributed by atoms with Gasteiger partial charge in [-0.15, -0.1) is 4.91 Å². The van der Waals surface area contributed by atoms with Crippen LogP contribution in [0.5, 0.6) is 0 Å². The van der Waals surface area contributed by atoms with Gasteiger partial charge < -0.3 is 9.84 Å². The topological polar surface area (TPSA) is 105 Å². The first-order chi connectivity index (χ1) is 12.3. The third-order valence-corrected chi connectivity index (χ3v) is 4.25. The van der Waals surface area contributed by atoms with Gasteiger partial charge in [-0.2, -0.15) is 0 Å². The molecule has 2 amide bonds. The molecule has 1 aliphatic rings. The van der Waals surface area contributed by atoms with E-state index in [0.717, 1.165) is 0 Å². The molecule has 0 saturated carbocycles. The Balaban J connectivity index is 1.77. The number of carbonyl (C=O) groups excluding carboxylic acids is 2. The maximum atomic E-state index is 12.7. The first-order valence-electron chi connectivity index (χ1n) is 8.33. The number of nitrogens with one attached hydrogen (secondary N) is 1. The van der Waals surface area contributed by atoms with E-state index in [0.29, 0.717) is 23.7 Å². The summed E-state index contributed by atoms with van der Waals surface area (Å²) in [6.45, 7) is 5.94. The Morgan fingerprint density at radius 2 is 2.00 bits per heavy atom. The number of hydrogen-bond acceptors (Lipinski definition) is 6. The minimum absolute atomic E-state index is 0.146. The van der Waals surface area contributed by atoms with E-state index in [1.165, 1.54) is 17.0 Å². The molecule has 1 fully saturated rings. The van der Waals surface area contributed by atoms with Crippen LogP contribution in [-0.2, 0) is 15.0 Å². The number of benzene rings is 1. The quantitative estimate of drug-likeness (QED) is 0.844. The van der Waals surface area contributed by atoms with Gasteiger partial charge in [0.15, 0.2) is 5.82 Å². The van der Waals surface area contributed by atoms with E-state index in [4.69, 9.17) is 4.52 Å².